The molecule has 244 valence electrons. The van der Waals surface area contributed by atoms with Crippen molar-refractivity contribution < 1.29 is 29.7 Å². The molecule has 14 heteroatoms. The zero-order chi connectivity index (χ0) is 33.7. The Balaban J connectivity index is 0.00000226. The molecule has 1 aliphatic rings. The van der Waals surface area contributed by atoms with Crippen LogP contribution in [0.1, 0.15) is 63.0 Å². The zero-order valence-corrected chi connectivity index (χ0v) is 29.0. The molecule has 0 saturated carbocycles. The summed E-state index contributed by atoms with van der Waals surface area (Å²) in [5.41, 5.74) is -1.13. The maximum Gasteiger partial charge on any atom is 0.330 e. The molecule has 2 aromatic rings. The van der Waals surface area contributed by atoms with E-state index in [-0.39, 0.29) is 30.3 Å². The minimum atomic E-state index is -1.63. The molecule has 2 heterocycles. The van der Waals surface area contributed by atoms with Crippen molar-refractivity contribution in [3.63, 3.8) is 0 Å². The highest BCUT2D eigenvalue weighted by Crippen LogP contribution is 2.50. The van der Waals surface area contributed by atoms with Gasteiger partial charge < -0.3 is 28.4 Å². The normalized spacial score (nSPS) is 21.9. The van der Waals surface area contributed by atoms with Crippen molar-refractivity contribution in [2.75, 3.05) is 27.4 Å². The fourth-order valence-corrected chi connectivity index (χ4v) is 8.11. The summed E-state index contributed by atoms with van der Waals surface area (Å²) in [6, 6.07) is 9.39. The van der Waals surface area contributed by atoms with Crippen LogP contribution in [0, 0.1) is 0 Å². The van der Waals surface area contributed by atoms with Crippen LogP contribution in [0.4, 0.5) is 0 Å². The molecule has 2 N–H and O–H groups in total. The second kappa shape index (κ2) is 17.9. The van der Waals surface area contributed by atoms with E-state index in [1.54, 1.807) is 21.6 Å². The highest BCUT2D eigenvalue weighted by Gasteiger charge is 2.47. The van der Waals surface area contributed by atoms with Crippen molar-refractivity contribution in [2.45, 2.75) is 102 Å². The number of ether oxygens (including phenoxy) is 3. The van der Waals surface area contributed by atoms with Crippen LogP contribution in [0.2, 0.25) is 0 Å². The summed E-state index contributed by atoms with van der Waals surface area (Å²) in [6.45, 7) is 15.3. The van der Waals surface area contributed by atoms with Gasteiger partial charge in [-0.1, -0.05) is 54.5 Å². The lowest BCUT2D eigenvalue weighted by Gasteiger charge is -2.38. The SMILES string of the molecule is [2H]C[C@H]1O[C@@H](n2ccc(=O)[nH]c2=O)[C@@H](OC)C1OP(OCCOc1ccccc1SSC(C)(C)C)N(C(C)C)C(C)C.[3H]OC. The number of nitrogens with one attached hydrogen (secondary N) is 1. The zero-order valence-electron chi connectivity index (χ0n) is 28.5. The number of H-pyrrole nitrogens is 1. The Morgan fingerprint density at radius 3 is 2.44 bits per heavy atom. The van der Waals surface area contributed by atoms with Gasteiger partial charge in [0.25, 0.3) is 14.1 Å². The number of aromatic nitrogens is 2. The summed E-state index contributed by atoms with van der Waals surface area (Å²) in [5.74, 6) is 0.796. The van der Waals surface area contributed by atoms with Gasteiger partial charge in [-0.3, -0.25) is 14.3 Å². The topological polar surface area (TPSA) is 124 Å². The first kappa shape index (κ1) is 34.5. The van der Waals surface area contributed by atoms with Crippen LogP contribution in [0.15, 0.2) is 51.0 Å². The average molecular weight is 665 g/mol. The van der Waals surface area contributed by atoms with E-state index in [4.69, 9.17) is 26.1 Å². The van der Waals surface area contributed by atoms with Crippen molar-refractivity contribution >= 4 is 30.1 Å². The maximum atomic E-state index is 12.5. The van der Waals surface area contributed by atoms with E-state index in [2.05, 4.69) is 63.2 Å². The number of aliphatic hydroxyl groups excluding tert-OH is 1. The van der Waals surface area contributed by atoms with Crippen LogP contribution in [0.5, 0.6) is 5.75 Å². The number of nitrogens with zero attached hydrogens (tertiary/aromatic N) is 2. The molecule has 0 amide bonds. The Labute approximate surface area is 267 Å². The number of aromatic amines is 1. The fourth-order valence-electron chi connectivity index (χ4n) is 4.24. The molecule has 0 aliphatic carbocycles. The molecule has 1 aromatic heterocycles. The first-order valence-electron chi connectivity index (χ1n) is 15.1. The van der Waals surface area contributed by atoms with E-state index in [1.807, 2.05) is 24.3 Å². The molecule has 1 aromatic carbocycles. The fraction of sp³-hybridized carbons (Fsp3) is 0.655. The first-order chi connectivity index (χ1) is 21.3. The lowest BCUT2D eigenvalue weighted by atomic mass is 10.1. The summed E-state index contributed by atoms with van der Waals surface area (Å²) in [6.07, 6.45) is -1.63. The van der Waals surface area contributed by atoms with Gasteiger partial charge in [-0.05, 0) is 46.7 Å². The van der Waals surface area contributed by atoms with E-state index in [1.165, 1.54) is 31.0 Å². The van der Waals surface area contributed by atoms with Gasteiger partial charge in [0.15, 0.2) is 6.23 Å². The second-order valence-electron chi connectivity index (χ2n) is 11.1. The van der Waals surface area contributed by atoms with Crippen LogP contribution in [-0.2, 0) is 18.5 Å². The molecular formula is C29H48N3O8PS2. The number of rotatable bonds is 14. The number of hydrogen-bond donors (Lipinski definition) is 2. The summed E-state index contributed by atoms with van der Waals surface area (Å²) in [4.78, 5) is 27.5. The summed E-state index contributed by atoms with van der Waals surface area (Å²) >= 11 is 0. The summed E-state index contributed by atoms with van der Waals surface area (Å²) in [7, 11) is 4.64. The molecule has 0 bridgehead atoms. The Hall–Kier alpha value is -1.41. The first-order valence-corrected chi connectivity index (χ1v) is 17.3. The second-order valence-corrected chi connectivity index (χ2v) is 15.5. The van der Waals surface area contributed by atoms with Crippen LogP contribution >= 0.6 is 30.1 Å². The largest absolute Gasteiger partial charge is 0.490 e. The van der Waals surface area contributed by atoms with E-state index in [0.717, 1.165) is 10.6 Å². The van der Waals surface area contributed by atoms with Crippen LogP contribution < -0.4 is 16.0 Å². The molecule has 2 unspecified atom stereocenters. The Kier molecular flexibility index (Phi) is 14.4. The molecule has 3 rings (SSSR count). The van der Waals surface area contributed by atoms with Crippen molar-refractivity contribution in [3.8, 4) is 5.75 Å². The van der Waals surface area contributed by atoms with Gasteiger partial charge in [0, 0.05) is 44.7 Å². The molecule has 1 fully saturated rings. The van der Waals surface area contributed by atoms with E-state index >= 15 is 0 Å². The Bertz CT molecular complexity index is 1260. The highest BCUT2D eigenvalue weighted by molar-refractivity contribution is 8.77. The van der Waals surface area contributed by atoms with Crippen LogP contribution in [0.3, 0.4) is 0 Å². The van der Waals surface area contributed by atoms with Gasteiger partial charge >= 0.3 is 5.69 Å². The molecule has 1 saturated heterocycles. The Morgan fingerprint density at radius 1 is 1.19 bits per heavy atom. The standard InChI is InChI=1S/C28H44N3O7PS2.CH4O/c1-18(2)31(19(3)4)39(36-17-16-35-21-12-10-11-13-22(21)40-41-28(6,7)8)38-24-20(5)37-26(25(24)34-9)30-15-14-23(32)29-27(30)33;1-2/h10-15,18-20,24-26H,16-17H2,1-9H3,(H,29,32,33);2H,1H3/t20-,24?,25+,26-,39?;/m1./s1/i5D;2T. The monoisotopic (exact) mass is 664 g/mol. The Morgan fingerprint density at radius 2 is 1.86 bits per heavy atom. The van der Waals surface area contributed by atoms with Gasteiger partial charge in [-0.25, -0.2) is 9.46 Å². The van der Waals surface area contributed by atoms with Gasteiger partial charge in [0.2, 0.25) is 1.43 Å². The van der Waals surface area contributed by atoms with Gasteiger partial charge in [0.05, 0.1) is 17.6 Å². The van der Waals surface area contributed by atoms with Crippen LogP contribution in [-0.4, -0.2) is 83.3 Å². The van der Waals surface area contributed by atoms with Crippen LogP contribution in [0.25, 0.3) is 0 Å². The quantitative estimate of drug-likeness (QED) is 0.152. The number of aliphatic hydroxyl groups is 1. The molecule has 1 aliphatic heterocycles. The van der Waals surface area contributed by atoms with Gasteiger partial charge in [0.1, 0.15) is 24.6 Å². The van der Waals surface area contributed by atoms with Crippen molar-refractivity contribution in [1.29, 1.82) is 1.43 Å². The minimum absolute atomic E-state index is 0.0963. The number of para-hydroxylation sites is 1. The van der Waals surface area contributed by atoms with Gasteiger partial charge in [-0.2, -0.15) is 0 Å². The number of hydrogen-bond acceptors (Lipinski definition) is 11. The molecule has 0 radical (unpaired) electrons. The number of benzene rings is 1. The molecule has 5 atom stereocenters. The maximum absolute atomic E-state index is 12.5. The molecule has 0 spiro atoms. The summed E-state index contributed by atoms with van der Waals surface area (Å²) < 4.78 is 48.3. The molecule has 43 heavy (non-hydrogen) atoms. The predicted octanol–water partition coefficient (Wildman–Crippen LogP) is 5.44. The van der Waals surface area contributed by atoms with Gasteiger partial charge in [-0.15, -0.1) is 0 Å². The van der Waals surface area contributed by atoms with E-state index < -0.39 is 44.3 Å². The lowest BCUT2D eigenvalue weighted by molar-refractivity contribution is -0.0511. The minimum Gasteiger partial charge on any atom is -0.490 e. The predicted molar refractivity (Wildman–Crippen MR) is 175 cm³/mol. The van der Waals surface area contributed by atoms with Crippen molar-refractivity contribution in [1.82, 2.24) is 14.2 Å². The highest BCUT2D eigenvalue weighted by atomic mass is 33.1. The molecule has 11 nitrogen and oxygen atoms in total. The number of methoxy groups -OCH3 is 1. The third kappa shape index (κ3) is 11.2. The third-order valence-corrected chi connectivity index (χ3v) is 11.4. The van der Waals surface area contributed by atoms with E-state index in [9.17, 15) is 9.59 Å². The van der Waals surface area contributed by atoms with Crippen molar-refractivity contribution in [3.05, 3.63) is 57.4 Å². The molecular weight excluding hydrogens is 613 g/mol. The smallest absolute Gasteiger partial charge is 0.330 e. The lowest BCUT2D eigenvalue weighted by Crippen LogP contribution is -2.41. The average Bonchev–Trinajstić information content (AvgIpc) is 3.31. The summed E-state index contributed by atoms with van der Waals surface area (Å²) in [5, 5.41) is 3.50. The third-order valence-electron chi connectivity index (χ3n) is 5.91. The van der Waals surface area contributed by atoms with Crippen molar-refractivity contribution in [2.24, 2.45) is 0 Å². The van der Waals surface area contributed by atoms with E-state index in [0.29, 0.717) is 6.61 Å².